The van der Waals surface area contributed by atoms with Crippen molar-refractivity contribution < 1.29 is 24.2 Å². The van der Waals surface area contributed by atoms with Crippen molar-refractivity contribution in [3.05, 3.63) is 94.8 Å². The number of ketones is 1. The number of Topliss-reactive ketones (excluding diaryl/α,β-unsaturated/α-hetero) is 1. The van der Waals surface area contributed by atoms with Crippen molar-refractivity contribution >= 4 is 17.4 Å². The summed E-state index contributed by atoms with van der Waals surface area (Å²) in [4.78, 5) is 32.2. The fraction of sp³-hybridized carbons (Fsp3) is 0.300. The summed E-state index contributed by atoms with van der Waals surface area (Å²) in [5, 5.41) is 11.4. The van der Waals surface area contributed by atoms with Crippen LogP contribution in [0.25, 0.3) is 5.76 Å². The molecule has 1 aliphatic heterocycles. The van der Waals surface area contributed by atoms with Crippen molar-refractivity contribution in [2.24, 2.45) is 5.92 Å². The van der Waals surface area contributed by atoms with Gasteiger partial charge in [-0.15, -0.1) is 0 Å². The molecule has 0 spiro atoms. The first-order chi connectivity index (χ1) is 17.8. The maximum Gasteiger partial charge on any atom is 0.295 e. The van der Waals surface area contributed by atoms with Crippen LogP contribution in [0, 0.1) is 12.8 Å². The van der Waals surface area contributed by atoms with E-state index in [4.69, 9.17) is 9.47 Å². The monoisotopic (exact) mass is 500 g/mol. The molecule has 1 aromatic heterocycles. The highest BCUT2D eigenvalue weighted by molar-refractivity contribution is 6.46. The Bertz CT molecular complexity index is 1300. The number of hydrogen-bond donors (Lipinski definition) is 1. The maximum atomic E-state index is 13.3. The Morgan fingerprint density at radius 3 is 2.46 bits per heavy atom. The molecule has 1 saturated heterocycles. The van der Waals surface area contributed by atoms with Crippen molar-refractivity contribution in [3.8, 4) is 11.5 Å². The van der Waals surface area contributed by atoms with Gasteiger partial charge in [-0.3, -0.25) is 14.6 Å². The number of aliphatic hydroxyl groups is 1. The number of pyridine rings is 1. The van der Waals surface area contributed by atoms with Crippen LogP contribution in [0.1, 0.15) is 49.1 Å². The third-order valence-electron chi connectivity index (χ3n) is 6.14. The minimum Gasteiger partial charge on any atom is -0.507 e. The topological polar surface area (TPSA) is 89.0 Å². The Morgan fingerprint density at radius 1 is 1.08 bits per heavy atom. The molecule has 7 nitrogen and oxygen atoms in total. The number of rotatable bonds is 9. The van der Waals surface area contributed by atoms with Gasteiger partial charge in [0.05, 0.1) is 24.8 Å². The van der Waals surface area contributed by atoms with E-state index in [9.17, 15) is 14.7 Å². The van der Waals surface area contributed by atoms with Gasteiger partial charge in [0.1, 0.15) is 17.3 Å². The lowest BCUT2D eigenvalue weighted by atomic mass is 9.94. The zero-order valence-corrected chi connectivity index (χ0v) is 21.6. The molecule has 0 bridgehead atoms. The van der Waals surface area contributed by atoms with E-state index in [0.29, 0.717) is 41.8 Å². The smallest absolute Gasteiger partial charge is 0.295 e. The Balaban J connectivity index is 1.78. The van der Waals surface area contributed by atoms with E-state index in [1.165, 1.54) is 4.90 Å². The van der Waals surface area contributed by atoms with E-state index < -0.39 is 17.7 Å². The zero-order chi connectivity index (χ0) is 26.5. The molecule has 1 aliphatic rings. The Labute approximate surface area is 217 Å². The lowest BCUT2D eigenvalue weighted by Gasteiger charge is -2.25. The van der Waals surface area contributed by atoms with Gasteiger partial charge in [-0.25, -0.2) is 0 Å². The summed E-state index contributed by atoms with van der Waals surface area (Å²) in [6.07, 6.45) is 3.31. The number of aryl methyl sites for hydroxylation is 1. The van der Waals surface area contributed by atoms with Crippen LogP contribution in [0.5, 0.6) is 11.5 Å². The van der Waals surface area contributed by atoms with Gasteiger partial charge in [-0.2, -0.15) is 0 Å². The van der Waals surface area contributed by atoms with E-state index >= 15 is 0 Å². The quantitative estimate of drug-likeness (QED) is 0.239. The summed E-state index contributed by atoms with van der Waals surface area (Å²) in [6.45, 7) is 9.20. The molecule has 2 aromatic carbocycles. The van der Waals surface area contributed by atoms with E-state index in [2.05, 4.69) is 18.8 Å². The number of carbonyl (C=O) groups is 2. The van der Waals surface area contributed by atoms with Crippen molar-refractivity contribution in [3.63, 3.8) is 0 Å². The molecule has 0 radical (unpaired) electrons. The van der Waals surface area contributed by atoms with Crippen LogP contribution < -0.4 is 9.47 Å². The van der Waals surface area contributed by atoms with Crippen molar-refractivity contribution in [2.75, 3.05) is 13.2 Å². The van der Waals surface area contributed by atoms with Gasteiger partial charge in [0.2, 0.25) is 0 Å². The molecular weight excluding hydrogens is 468 g/mol. The van der Waals surface area contributed by atoms with E-state index in [1.54, 1.807) is 48.8 Å². The second kappa shape index (κ2) is 11.3. The van der Waals surface area contributed by atoms with Gasteiger partial charge in [0, 0.05) is 24.5 Å². The summed E-state index contributed by atoms with van der Waals surface area (Å²) in [7, 11) is 0. The normalized spacial score (nSPS) is 16.9. The number of nitrogens with zero attached hydrogens (tertiary/aromatic N) is 2. The number of hydrogen-bond acceptors (Lipinski definition) is 6. The molecular formula is C30H32N2O5. The van der Waals surface area contributed by atoms with Gasteiger partial charge in [0.25, 0.3) is 11.7 Å². The molecule has 0 saturated carbocycles. The predicted octanol–water partition coefficient (Wildman–Crippen LogP) is 5.45. The number of aromatic nitrogens is 1. The second-order valence-corrected chi connectivity index (χ2v) is 9.48. The average Bonchev–Trinajstić information content (AvgIpc) is 3.13. The molecule has 3 aromatic rings. The zero-order valence-electron chi connectivity index (χ0n) is 21.6. The largest absolute Gasteiger partial charge is 0.507 e. The summed E-state index contributed by atoms with van der Waals surface area (Å²) in [6, 6.07) is 15.4. The van der Waals surface area contributed by atoms with Gasteiger partial charge >= 0.3 is 0 Å². The van der Waals surface area contributed by atoms with Gasteiger partial charge < -0.3 is 19.5 Å². The standard InChI is InChI=1S/C30H32N2O5/c1-5-36-24-11-8-22(9-12-24)27-26(29(34)30(35)32(27)17-21-7-6-14-31-16-21)28(33)23-10-13-25(20(4)15-23)37-18-19(2)3/h6-16,19,27,33H,5,17-18H2,1-4H3/b28-26+/t27-/m1/s1. The SMILES string of the molecule is CCOc1ccc([C@@H]2/C(=C(\O)c3ccc(OCC(C)C)c(C)c3)C(=O)C(=O)N2Cc2cccnc2)cc1. The number of carbonyl (C=O) groups excluding carboxylic acids is 2. The number of ether oxygens (including phenoxy) is 2. The maximum absolute atomic E-state index is 13.3. The van der Waals surface area contributed by atoms with Crippen molar-refractivity contribution in [1.82, 2.24) is 9.88 Å². The minimum absolute atomic E-state index is 0.0494. The molecule has 0 unspecified atom stereocenters. The van der Waals surface area contributed by atoms with Crippen LogP contribution in [-0.2, 0) is 16.1 Å². The van der Waals surface area contributed by atoms with Gasteiger partial charge in [-0.1, -0.05) is 32.0 Å². The lowest BCUT2D eigenvalue weighted by Crippen LogP contribution is -2.29. The summed E-state index contributed by atoms with van der Waals surface area (Å²) >= 11 is 0. The molecule has 1 N–H and O–H groups in total. The molecule has 192 valence electrons. The van der Waals surface area contributed by atoms with Crippen LogP contribution in [0.3, 0.4) is 0 Å². The van der Waals surface area contributed by atoms with Crippen LogP contribution >= 0.6 is 0 Å². The van der Waals surface area contributed by atoms with E-state index in [-0.39, 0.29) is 17.9 Å². The van der Waals surface area contributed by atoms with Crippen molar-refractivity contribution in [1.29, 1.82) is 0 Å². The first-order valence-electron chi connectivity index (χ1n) is 12.4. The number of likely N-dealkylation sites (tertiary alicyclic amines) is 1. The van der Waals surface area contributed by atoms with Crippen LogP contribution in [0.2, 0.25) is 0 Å². The summed E-state index contributed by atoms with van der Waals surface area (Å²) < 4.78 is 11.4. The number of aliphatic hydroxyl groups excluding tert-OH is 1. The first kappa shape index (κ1) is 25.9. The van der Waals surface area contributed by atoms with Crippen LogP contribution in [-0.4, -0.2) is 39.9 Å². The number of amides is 1. The Hall–Kier alpha value is -4.13. The number of benzene rings is 2. The highest BCUT2D eigenvalue weighted by Gasteiger charge is 2.46. The fourth-order valence-corrected chi connectivity index (χ4v) is 4.36. The van der Waals surface area contributed by atoms with Crippen molar-refractivity contribution in [2.45, 2.75) is 40.3 Å². The van der Waals surface area contributed by atoms with Crippen LogP contribution in [0.4, 0.5) is 0 Å². The lowest BCUT2D eigenvalue weighted by molar-refractivity contribution is -0.140. The van der Waals surface area contributed by atoms with Gasteiger partial charge in [0.15, 0.2) is 0 Å². The third kappa shape index (κ3) is 5.66. The Kier molecular flexibility index (Phi) is 7.92. The minimum atomic E-state index is -0.770. The first-order valence-corrected chi connectivity index (χ1v) is 12.4. The summed E-state index contributed by atoms with van der Waals surface area (Å²) in [5.41, 5.74) is 2.80. The molecule has 1 fully saturated rings. The molecule has 1 amide bonds. The predicted molar refractivity (Wildman–Crippen MR) is 141 cm³/mol. The fourth-order valence-electron chi connectivity index (χ4n) is 4.36. The van der Waals surface area contributed by atoms with Crippen LogP contribution in [0.15, 0.2) is 72.6 Å². The third-order valence-corrected chi connectivity index (χ3v) is 6.14. The second-order valence-electron chi connectivity index (χ2n) is 9.48. The van der Waals surface area contributed by atoms with E-state index in [1.807, 2.05) is 32.0 Å². The molecule has 2 heterocycles. The average molecular weight is 501 g/mol. The molecule has 0 aliphatic carbocycles. The molecule has 4 rings (SSSR count). The highest BCUT2D eigenvalue weighted by atomic mass is 16.5. The molecule has 1 atom stereocenters. The Morgan fingerprint density at radius 2 is 1.84 bits per heavy atom. The highest BCUT2D eigenvalue weighted by Crippen LogP contribution is 2.41. The van der Waals surface area contributed by atoms with Gasteiger partial charge in [-0.05, 0) is 72.9 Å². The molecule has 7 heteroatoms. The van der Waals surface area contributed by atoms with E-state index in [0.717, 1.165) is 11.1 Å². The summed E-state index contributed by atoms with van der Waals surface area (Å²) in [5.74, 6) is 0.159. The molecule has 37 heavy (non-hydrogen) atoms.